The summed E-state index contributed by atoms with van der Waals surface area (Å²) < 4.78 is 16.8. The van der Waals surface area contributed by atoms with Crippen LogP contribution in [-0.4, -0.2) is 9.13 Å². The van der Waals surface area contributed by atoms with E-state index in [1.807, 2.05) is 30.3 Å². The second-order valence-corrected chi connectivity index (χ2v) is 9.11. The molecule has 0 spiro atoms. The molecule has 0 saturated heterocycles. The van der Waals surface area contributed by atoms with E-state index in [9.17, 15) is 0 Å². The Morgan fingerprint density at radius 3 is 1.86 bits per heavy atom. The standard InChI is InChI=1S/C32H20N2O2/c1-2-7-21(8-3-1)22-9-6-10-23(19-22)33-18-16-27-28-20-24(13-14-30(28)36-32(27)33)34-17-15-26-25-11-4-5-12-29(25)35-31(26)34/h1-20H. The van der Waals surface area contributed by atoms with Crippen molar-refractivity contribution >= 4 is 44.1 Å². The normalized spacial score (nSPS) is 11.9. The molecule has 0 aliphatic carbocycles. The SMILES string of the molecule is c1ccc(-c2cccc(-n3ccc4c5cc(-n6ccc7c8ccccc8oc76)ccc5oc43)c2)cc1. The molecule has 0 bridgehead atoms. The molecule has 8 rings (SSSR count). The predicted molar refractivity (Wildman–Crippen MR) is 145 cm³/mol. The van der Waals surface area contributed by atoms with Crippen molar-refractivity contribution in [1.82, 2.24) is 9.13 Å². The third kappa shape index (κ3) is 2.75. The van der Waals surface area contributed by atoms with Gasteiger partial charge in [0.05, 0.1) is 0 Å². The lowest BCUT2D eigenvalue weighted by molar-refractivity contribution is 0.640. The first kappa shape index (κ1) is 19.4. The fraction of sp³-hybridized carbons (Fsp3) is 0. The minimum Gasteiger partial charge on any atom is -0.439 e. The number of hydrogen-bond donors (Lipinski definition) is 0. The minimum atomic E-state index is 0.841. The molecule has 0 unspecified atom stereocenters. The van der Waals surface area contributed by atoms with Crippen molar-refractivity contribution in [2.45, 2.75) is 0 Å². The zero-order chi connectivity index (χ0) is 23.6. The monoisotopic (exact) mass is 464 g/mol. The number of rotatable bonds is 3. The van der Waals surface area contributed by atoms with E-state index in [4.69, 9.17) is 8.83 Å². The van der Waals surface area contributed by atoms with E-state index in [0.29, 0.717) is 0 Å². The maximum absolute atomic E-state index is 6.36. The molecule has 0 amide bonds. The van der Waals surface area contributed by atoms with E-state index in [-0.39, 0.29) is 0 Å². The van der Waals surface area contributed by atoms with Crippen LogP contribution in [0.15, 0.2) is 130 Å². The van der Waals surface area contributed by atoms with Gasteiger partial charge >= 0.3 is 0 Å². The number of nitrogens with zero attached hydrogens (tertiary/aromatic N) is 2. The van der Waals surface area contributed by atoms with Crippen molar-refractivity contribution in [3.8, 4) is 22.5 Å². The van der Waals surface area contributed by atoms with Gasteiger partial charge in [-0.15, -0.1) is 0 Å². The molecule has 4 aromatic heterocycles. The number of furan rings is 2. The molecule has 8 aromatic rings. The molecule has 36 heavy (non-hydrogen) atoms. The molecule has 4 nitrogen and oxygen atoms in total. The molecule has 0 atom stereocenters. The fourth-order valence-corrected chi connectivity index (χ4v) is 5.28. The average molecular weight is 465 g/mol. The van der Waals surface area contributed by atoms with Crippen molar-refractivity contribution in [3.63, 3.8) is 0 Å². The summed E-state index contributed by atoms with van der Waals surface area (Å²) in [5, 5.41) is 4.42. The summed E-state index contributed by atoms with van der Waals surface area (Å²) in [5.74, 6) is 0. The summed E-state index contributed by atoms with van der Waals surface area (Å²) in [6.45, 7) is 0. The van der Waals surface area contributed by atoms with Gasteiger partial charge in [0.25, 0.3) is 0 Å². The van der Waals surface area contributed by atoms with Crippen LogP contribution >= 0.6 is 0 Å². The molecule has 0 aliphatic rings. The first-order chi connectivity index (χ1) is 17.8. The highest BCUT2D eigenvalue weighted by molar-refractivity contribution is 6.07. The van der Waals surface area contributed by atoms with E-state index in [1.54, 1.807) is 0 Å². The molecular formula is C32H20N2O2. The molecule has 4 aromatic carbocycles. The van der Waals surface area contributed by atoms with Crippen LogP contribution in [0.2, 0.25) is 0 Å². The number of benzene rings is 4. The Labute approximate surface area is 206 Å². The first-order valence-electron chi connectivity index (χ1n) is 12.0. The lowest BCUT2D eigenvalue weighted by atomic mass is 10.1. The summed E-state index contributed by atoms with van der Waals surface area (Å²) in [5.41, 5.74) is 7.94. The molecule has 0 saturated carbocycles. The van der Waals surface area contributed by atoms with Gasteiger partial charge in [0, 0.05) is 45.3 Å². The zero-order valence-corrected chi connectivity index (χ0v) is 19.3. The first-order valence-corrected chi connectivity index (χ1v) is 12.0. The van der Waals surface area contributed by atoms with Crippen molar-refractivity contribution in [2.75, 3.05) is 0 Å². The molecule has 0 N–H and O–H groups in total. The zero-order valence-electron chi connectivity index (χ0n) is 19.3. The Morgan fingerprint density at radius 2 is 1.06 bits per heavy atom. The Bertz CT molecular complexity index is 2050. The van der Waals surface area contributed by atoms with Crippen LogP contribution in [0.25, 0.3) is 66.6 Å². The molecule has 170 valence electrons. The van der Waals surface area contributed by atoms with Gasteiger partial charge in [0.1, 0.15) is 11.2 Å². The van der Waals surface area contributed by atoms with Gasteiger partial charge in [-0.3, -0.25) is 9.13 Å². The van der Waals surface area contributed by atoms with E-state index in [1.165, 1.54) is 11.1 Å². The summed E-state index contributed by atoms with van der Waals surface area (Å²) in [6.07, 6.45) is 4.15. The van der Waals surface area contributed by atoms with Crippen LogP contribution in [0.1, 0.15) is 0 Å². The molecule has 4 heteroatoms. The van der Waals surface area contributed by atoms with E-state index in [2.05, 4.69) is 100 Å². The minimum absolute atomic E-state index is 0.841. The largest absolute Gasteiger partial charge is 0.439 e. The second-order valence-electron chi connectivity index (χ2n) is 9.11. The van der Waals surface area contributed by atoms with E-state index in [0.717, 1.165) is 55.5 Å². The third-order valence-corrected chi connectivity index (χ3v) is 7.03. The van der Waals surface area contributed by atoms with E-state index >= 15 is 0 Å². The van der Waals surface area contributed by atoms with Crippen LogP contribution in [0.3, 0.4) is 0 Å². The van der Waals surface area contributed by atoms with Crippen molar-refractivity contribution in [3.05, 3.63) is 122 Å². The average Bonchev–Trinajstić information content (AvgIpc) is 3.69. The van der Waals surface area contributed by atoms with Gasteiger partial charge in [0.15, 0.2) is 0 Å². The number of hydrogen-bond acceptors (Lipinski definition) is 2. The lowest BCUT2D eigenvalue weighted by Crippen LogP contribution is -1.91. The molecule has 0 aliphatic heterocycles. The van der Waals surface area contributed by atoms with E-state index < -0.39 is 0 Å². The number of para-hydroxylation sites is 1. The van der Waals surface area contributed by atoms with Crippen molar-refractivity contribution in [2.24, 2.45) is 0 Å². The van der Waals surface area contributed by atoms with Crippen LogP contribution in [-0.2, 0) is 0 Å². The molecule has 0 radical (unpaired) electrons. The van der Waals surface area contributed by atoms with Gasteiger partial charge in [-0.05, 0) is 59.7 Å². The second kappa shape index (κ2) is 7.27. The van der Waals surface area contributed by atoms with Gasteiger partial charge in [0.2, 0.25) is 11.4 Å². The Kier molecular flexibility index (Phi) is 3.91. The summed E-state index contributed by atoms with van der Waals surface area (Å²) in [7, 11) is 0. The Hall–Kier alpha value is -4.96. The van der Waals surface area contributed by atoms with Gasteiger partial charge in [-0.1, -0.05) is 60.7 Å². The third-order valence-electron chi connectivity index (χ3n) is 7.03. The van der Waals surface area contributed by atoms with Crippen LogP contribution in [0, 0.1) is 0 Å². The summed E-state index contributed by atoms with van der Waals surface area (Å²) >= 11 is 0. The predicted octanol–water partition coefficient (Wildman–Crippen LogP) is 8.73. The molecule has 0 fully saturated rings. The van der Waals surface area contributed by atoms with Crippen LogP contribution < -0.4 is 0 Å². The highest BCUT2D eigenvalue weighted by Gasteiger charge is 2.16. The quantitative estimate of drug-likeness (QED) is 0.262. The smallest absolute Gasteiger partial charge is 0.212 e. The van der Waals surface area contributed by atoms with Crippen molar-refractivity contribution < 1.29 is 8.83 Å². The topological polar surface area (TPSA) is 36.1 Å². The maximum atomic E-state index is 6.36. The molecule has 4 heterocycles. The van der Waals surface area contributed by atoms with Gasteiger partial charge in [-0.2, -0.15) is 0 Å². The molecular weight excluding hydrogens is 444 g/mol. The highest BCUT2D eigenvalue weighted by atomic mass is 16.3. The Balaban J connectivity index is 1.27. The summed E-state index contributed by atoms with van der Waals surface area (Å²) in [4.78, 5) is 0. The number of fused-ring (bicyclic) bond motifs is 6. The van der Waals surface area contributed by atoms with Gasteiger partial charge < -0.3 is 8.83 Å². The lowest BCUT2D eigenvalue weighted by Gasteiger charge is -2.07. The maximum Gasteiger partial charge on any atom is 0.212 e. The number of aromatic nitrogens is 2. The summed E-state index contributed by atoms with van der Waals surface area (Å²) in [6, 6.07) is 37.7. The van der Waals surface area contributed by atoms with Crippen LogP contribution in [0.4, 0.5) is 0 Å². The Morgan fingerprint density at radius 1 is 0.417 bits per heavy atom. The van der Waals surface area contributed by atoms with Gasteiger partial charge in [-0.25, -0.2) is 0 Å². The van der Waals surface area contributed by atoms with Crippen molar-refractivity contribution in [1.29, 1.82) is 0 Å². The fourth-order valence-electron chi connectivity index (χ4n) is 5.28. The van der Waals surface area contributed by atoms with Crippen LogP contribution in [0.5, 0.6) is 0 Å². The highest BCUT2D eigenvalue weighted by Crippen LogP contribution is 2.36.